The smallest absolute Gasteiger partial charge is 0.185 e. The van der Waals surface area contributed by atoms with Crippen molar-refractivity contribution in [3.8, 4) is 0 Å². The quantitative estimate of drug-likeness (QED) is 0.736. The summed E-state index contributed by atoms with van der Waals surface area (Å²) in [5.41, 5.74) is 3.36. The Morgan fingerprint density at radius 1 is 1.25 bits per heavy atom. The largest absolute Gasteiger partial charge is 0.366 e. The lowest BCUT2D eigenvalue weighted by atomic mass is 9.98. The fourth-order valence-corrected chi connectivity index (χ4v) is 3.60. The fourth-order valence-electron chi connectivity index (χ4n) is 2.72. The average Bonchev–Trinajstić information content (AvgIpc) is 2.44. The summed E-state index contributed by atoms with van der Waals surface area (Å²) in [5.74, 6) is 0. The summed E-state index contributed by atoms with van der Waals surface area (Å²) < 4.78 is 12.5. The van der Waals surface area contributed by atoms with Gasteiger partial charge in [-0.05, 0) is 81.2 Å². The Balaban J connectivity index is 2.62. The minimum absolute atomic E-state index is 0.413. The second-order valence-corrected chi connectivity index (χ2v) is 7.73. The summed E-state index contributed by atoms with van der Waals surface area (Å²) in [5, 5.41) is 11.5. The lowest BCUT2D eigenvalue weighted by Crippen LogP contribution is -2.32. The Hall–Kier alpha value is -1.01. The monoisotopic (exact) mass is 395 g/mol. The van der Waals surface area contributed by atoms with E-state index in [1.165, 1.54) is 0 Å². The van der Waals surface area contributed by atoms with Crippen molar-refractivity contribution in [1.82, 2.24) is 4.98 Å². The summed E-state index contributed by atoms with van der Waals surface area (Å²) in [6.07, 6.45) is -1.63. The van der Waals surface area contributed by atoms with Gasteiger partial charge in [0.2, 0.25) is 0 Å². The van der Waals surface area contributed by atoms with E-state index in [0.717, 1.165) is 32.2 Å². The van der Waals surface area contributed by atoms with Crippen molar-refractivity contribution >= 4 is 26.8 Å². The first kappa shape index (κ1) is 19.3. The highest BCUT2D eigenvalue weighted by Gasteiger charge is 2.31. The zero-order valence-electron chi connectivity index (χ0n) is 15.2. The van der Waals surface area contributed by atoms with E-state index >= 15 is 0 Å². The van der Waals surface area contributed by atoms with Crippen LogP contribution in [0, 0.1) is 13.8 Å². The van der Waals surface area contributed by atoms with Gasteiger partial charge >= 0.3 is 0 Å². The molecule has 0 bridgehead atoms. The molecule has 132 valence electrons. The number of ether oxygens (including phenoxy) is 2. The van der Waals surface area contributed by atoms with E-state index in [1.807, 2.05) is 59.7 Å². The topological polar surface area (TPSA) is 51.6 Å². The van der Waals surface area contributed by atoms with Gasteiger partial charge in [-0.2, -0.15) is 0 Å². The molecule has 0 aliphatic carbocycles. The van der Waals surface area contributed by atoms with Crippen LogP contribution < -0.4 is 0 Å². The van der Waals surface area contributed by atoms with Gasteiger partial charge in [0.1, 0.15) is 6.10 Å². The minimum atomic E-state index is -1.04. The van der Waals surface area contributed by atoms with Crippen molar-refractivity contribution in [2.45, 2.75) is 59.5 Å². The molecule has 0 saturated heterocycles. The molecule has 0 saturated carbocycles. The number of pyridine rings is 1. The van der Waals surface area contributed by atoms with Gasteiger partial charge in [-0.1, -0.05) is 0 Å². The van der Waals surface area contributed by atoms with Crippen molar-refractivity contribution in [2.75, 3.05) is 6.61 Å². The van der Waals surface area contributed by atoms with Crippen LogP contribution in [-0.2, 0) is 9.47 Å². The molecule has 0 amide bonds. The van der Waals surface area contributed by atoms with E-state index in [-0.39, 0.29) is 0 Å². The zero-order valence-corrected chi connectivity index (χ0v) is 16.8. The number of aliphatic hydroxyl groups excluding tert-OH is 1. The zero-order chi connectivity index (χ0) is 18.1. The number of aryl methyl sites for hydroxylation is 2. The van der Waals surface area contributed by atoms with E-state index in [1.54, 1.807) is 0 Å². The second kappa shape index (κ2) is 7.48. The average molecular weight is 396 g/mol. The van der Waals surface area contributed by atoms with Crippen LogP contribution in [0.2, 0.25) is 0 Å². The Bertz CT molecular complexity index is 725. The molecule has 5 heteroatoms. The van der Waals surface area contributed by atoms with Crippen LogP contribution in [0.15, 0.2) is 22.7 Å². The van der Waals surface area contributed by atoms with Gasteiger partial charge in [0, 0.05) is 27.7 Å². The lowest BCUT2D eigenvalue weighted by molar-refractivity contribution is -0.208. The summed E-state index contributed by atoms with van der Waals surface area (Å²) >= 11 is 3.70. The van der Waals surface area contributed by atoms with Crippen LogP contribution in [0.1, 0.15) is 50.6 Å². The van der Waals surface area contributed by atoms with Gasteiger partial charge in [-0.25, -0.2) is 0 Å². The maximum atomic E-state index is 10.5. The number of hydrogen-bond donors (Lipinski definition) is 1. The van der Waals surface area contributed by atoms with Crippen molar-refractivity contribution in [3.63, 3.8) is 0 Å². The molecule has 1 unspecified atom stereocenters. The van der Waals surface area contributed by atoms with E-state index < -0.39 is 18.0 Å². The van der Waals surface area contributed by atoms with E-state index in [9.17, 15) is 5.11 Å². The molecule has 0 aliphatic heterocycles. The van der Waals surface area contributed by atoms with Crippen LogP contribution in [0.5, 0.6) is 0 Å². The summed E-state index contributed by atoms with van der Waals surface area (Å²) in [6, 6.07) is 6.04. The molecule has 1 N–H and O–H groups in total. The third-order valence-corrected chi connectivity index (χ3v) is 4.53. The first-order chi connectivity index (χ1) is 11.1. The van der Waals surface area contributed by atoms with Gasteiger partial charge < -0.3 is 14.6 Å². The normalized spacial score (nSPS) is 14.8. The number of aromatic nitrogens is 1. The molecule has 2 aromatic rings. The molecule has 24 heavy (non-hydrogen) atoms. The molecule has 1 aromatic carbocycles. The molecule has 0 spiro atoms. The molecule has 4 nitrogen and oxygen atoms in total. The Morgan fingerprint density at radius 3 is 2.50 bits per heavy atom. The number of benzene rings is 1. The molecule has 2 atom stereocenters. The molecular weight excluding hydrogens is 370 g/mol. The number of nitrogens with zero attached hydrogens (tertiary/aromatic N) is 1. The number of hydrogen-bond acceptors (Lipinski definition) is 4. The van der Waals surface area contributed by atoms with Crippen molar-refractivity contribution in [2.24, 2.45) is 0 Å². The molecule has 0 fully saturated rings. The molecule has 1 heterocycles. The molecule has 2 rings (SSSR count). The maximum Gasteiger partial charge on any atom is 0.185 e. The third kappa shape index (κ3) is 4.33. The molecule has 0 aliphatic rings. The first-order valence-electron chi connectivity index (χ1n) is 8.18. The van der Waals surface area contributed by atoms with Gasteiger partial charge in [0.15, 0.2) is 6.29 Å². The van der Waals surface area contributed by atoms with Gasteiger partial charge in [-0.15, -0.1) is 0 Å². The summed E-state index contributed by atoms with van der Waals surface area (Å²) in [7, 11) is 0. The van der Waals surface area contributed by atoms with Crippen molar-refractivity contribution in [1.29, 1.82) is 0 Å². The maximum absolute atomic E-state index is 10.5. The highest BCUT2D eigenvalue weighted by atomic mass is 79.9. The van der Waals surface area contributed by atoms with Gasteiger partial charge in [0.25, 0.3) is 0 Å². The Labute approximate surface area is 152 Å². The van der Waals surface area contributed by atoms with Crippen LogP contribution >= 0.6 is 15.9 Å². The SMILES string of the molecule is CCOC(O)[C@@H](OC(C)(C)C)c1c(C)cc2nc(C)ccc2c1Br. The van der Waals surface area contributed by atoms with E-state index in [4.69, 9.17) is 9.47 Å². The predicted octanol–water partition coefficient (Wildman–Crippen LogP) is 4.83. The van der Waals surface area contributed by atoms with Crippen molar-refractivity contribution < 1.29 is 14.6 Å². The Morgan fingerprint density at radius 2 is 1.92 bits per heavy atom. The second-order valence-electron chi connectivity index (χ2n) is 6.94. The van der Waals surface area contributed by atoms with Crippen LogP contribution in [0.25, 0.3) is 10.9 Å². The Kier molecular flexibility index (Phi) is 6.02. The van der Waals surface area contributed by atoms with Crippen molar-refractivity contribution in [3.05, 3.63) is 39.5 Å². The third-order valence-electron chi connectivity index (χ3n) is 3.68. The number of aliphatic hydroxyl groups is 1. The first-order valence-corrected chi connectivity index (χ1v) is 8.97. The molecular formula is C19H26BrNO3. The highest BCUT2D eigenvalue weighted by Crippen LogP contribution is 2.38. The minimum Gasteiger partial charge on any atom is -0.366 e. The highest BCUT2D eigenvalue weighted by molar-refractivity contribution is 9.10. The number of fused-ring (bicyclic) bond motifs is 1. The van der Waals surface area contributed by atoms with Gasteiger partial charge in [-0.3, -0.25) is 4.98 Å². The predicted molar refractivity (Wildman–Crippen MR) is 100 cm³/mol. The van der Waals surface area contributed by atoms with E-state index in [2.05, 4.69) is 20.9 Å². The summed E-state index contributed by atoms with van der Waals surface area (Å²) in [4.78, 5) is 4.59. The van der Waals surface area contributed by atoms with Gasteiger partial charge in [0.05, 0.1) is 11.1 Å². The standard InChI is InChI=1S/C19H26BrNO3/c1-7-23-18(22)17(24-19(4,5)6)15-11(2)10-14-13(16(15)20)9-8-12(3)21-14/h8-10,17-18,22H,7H2,1-6H3/t17-,18?/m0/s1. The fraction of sp³-hybridized carbons (Fsp3) is 0.526. The number of halogens is 1. The number of rotatable bonds is 5. The summed E-state index contributed by atoms with van der Waals surface area (Å²) in [6.45, 7) is 12.1. The van der Waals surface area contributed by atoms with E-state index in [0.29, 0.717) is 6.61 Å². The molecule has 1 aromatic heterocycles. The lowest BCUT2D eigenvalue weighted by Gasteiger charge is -2.32. The molecule has 0 radical (unpaired) electrons. The van der Waals surface area contributed by atoms with Crippen LogP contribution in [0.4, 0.5) is 0 Å². The van der Waals surface area contributed by atoms with Crippen LogP contribution in [0.3, 0.4) is 0 Å². The van der Waals surface area contributed by atoms with Crippen LogP contribution in [-0.4, -0.2) is 28.6 Å².